The van der Waals surface area contributed by atoms with E-state index in [0.717, 1.165) is 31.0 Å². The molecule has 1 aliphatic rings. The number of hydrogen-bond acceptors (Lipinski definition) is 5. The number of aromatic nitrogens is 3. The number of halogens is 3. The summed E-state index contributed by atoms with van der Waals surface area (Å²) < 4.78 is 37.9. The number of hydrogen-bond donors (Lipinski definition) is 1. The van der Waals surface area contributed by atoms with Gasteiger partial charge in [0.05, 0.1) is 5.75 Å². The largest absolute Gasteiger partial charge is 0.453 e. The van der Waals surface area contributed by atoms with Crippen LogP contribution < -0.4 is 5.84 Å². The molecule has 0 bridgehead atoms. The molecule has 2 N–H and O–H groups in total. The molecule has 0 radical (unpaired) electrons. The summed E-state index contributed by atoms with van der Waals surface area (Å²) in [7, 11) is 0. The summed E-state index contributed by atoms with van der Waals surface area (Å²) >= 11 is 0.861. The molecule has 2 heterocycles. The van der Waals surface area contributed by atoms with Gasteiger partial charge < -0.3 is 10.7 Å². The summed E-state index contributed by atoms with van der Waals surface area (Å²) in [5.41, 5.74) is 0. The maximum absolute atomic E-state index is 12.5. The second-order valence-electron chi connectivity index (χ2n) is 4.89. The minimum Gasteiger partial charge on any atom is -0.339 e. The number of nitrogens with zero attached hydrogens (tertiary/aromatic N) is 4. The summed E-state index contributed by atoms with van der Waals surface area (Å²) in [4.78, 5) is 13.8. The molecular weight excluding hydrogens is 307 g/mol. The number of piperidine rings is 1. The van der Waals surface area contributed by atoms with Crippen LogP contribution in [-0.2, 0) is 11.0 Å². The SMILES string of the molecule is C[C@@H]1CCCCN1C(=O)CSc1nnc(C(F)(F)F)n1N. The van der Waals surface area contributed by atoms with Crippen LogP contribution in [0.15, 0.2) is 5.16 Å². The Hall–Kier alpha value is -1.45. The molecule has 1 aliphatic heterocycles. The first-order valence-corrected chi connectivity index (χ1v) is 7.49. The van der Waals surface area contributed by atoms with E-state index in [0.29, 0.717) is 11.2 Å². The van der Waals surface area contributed by atoms with Crippen LogP contribution in [0.5, 0.6) is 0 Å². The Bertz CT molecular complexity index is 518. The molecule has 1 aromatic rings. The van der Waals surface area contributed by atoms with Gasteiger partial charge in [0.2, 0.25) is 11.1 Å². The van der Waals surface area contributed by atoms with Crippen LogP contribution in [0.25, 0.3) is 0 Å². The van der Waals surface area contributed by atoms with Gasteiger partial charge in [-0.25, -0.2) is 4.68 Å². The maximum Gasteiger partial charge on any atom is 0.453 e. The zero-order valence-corrected chi connectivity index (χ0v) is 12.2. The van der Waals surface area contributed by atoms with Crippen molar-refractivity contribution in [2.75, 3.05) is 18.1 Å². The Labute approximate surface area is 123 Å². The number of carbonyl (C=O) groups is 1. The normalized spacial score (nSPS) is 19.8. The van der Waals surface area contributed by atoms with Crippen molar-refractivity contribution in [1.29, 1.82) is 0 Å². The first-order chi connectivity index (χ1) is 9.80. The molecule has 0 saturated carbocycles. The third-order valence-electron chi connectivity index (χ3n) is 3.37. The van der Waals surface area contributed by atoms with Crippen molar-refractivity contribution in [3.05, 3.63) is 5.82 Å². The Balaban J connectivity index is 1.97. The van der Waals surface area contributed by atoms with Crippen molar-refractivity contribution in [2.45, 2.75) is 43.6 Å². The van der Waals surface area contributed by atoms with Crippen LogP contribution >= 0.6 is 11.8 Å². The third-order valence-corrected chi connectivity index (χ3v) is 4.29. The lowest BCUT2D eigenvalue weighted by atomic mass is 10.0. The summed E-state index contributed by atoms with van der Waals surface area (Å²) in [6.07, 6.45) is -1.68. The number of likely N-dealkylation sites (tertiary alicyclic amines) is 1. The first-order valence-electron chi connectivity index (χ1n) is 6.50. The van der Waals surface area contributed by atoms with Crippen LogP contribution in [0.1, 0.15) is 32.0 Å². The third kappa shape index (κ3) is 3.60. The number of nitrogen functional groups attached to an aromatic ring is 1. The molecule has 21 heavy (non-hydrogen) atoms. The summed E-state index contributed by atoms with van der Waals surface area (Å²) in [6, 6.07) is 0.160. The van der Waals surface area contributed by atoms with Gasteiger partial charge in [0.25, 0.3) is 5.82 Å². The fourth-order valence-corrected chi connectivity index (χ4v) is 2.99. The summed E-state index contributed by atoms with van der Waals surface area (Å²) in [6.45, 7) is 2.65. The van der Waals surface area contributed by atoms with Gasteiger partial charge in [0.15, 0.2) is 0 Å². The second-order valence-corrected chi connectivity index (χ2v) is 5.84. The Morgan fingerprint density at radius 3 is 2.71 bits per heavy atom. The van der Waals surface area contributed by atoms with Crippen molar-refractivity contribution in [3.8, 4) is 0 Å². The number of rotatable bonds is 3. The molecule has 1 amide bonds. The summed E-state index contributed by atoms with van der Waals surface area (Å²) in [5, 5.41) is 6.26. The molecule has 0 spiro atoms. The zero-order chi connectivity index (χ0) is 15.6. The van der Waals surface area contributed by atoms with E-state index in [4.69, 9.17) is 5.84 Å². The van der Waals surface area contributed by atoms with Gasteiger partial charge >= 0.3 is 6.18 Å². The molecule has 6 nitrogen and oxygen atoms in total. The number of carbonyl (C=O) groups excluding carboxylic acids is 1. The topological polar surface area (TPSA) is 77.0 Å². The Morgan fingerprint density at radius 2 is 2.14 bits per heavy atom. The fraction of sp³-hybridized carbons (Fsp3) is 0.727. The highest BCUT2D eigenvalue weighted by Crippen LogP contribution is 2.29. The molecule has 1 saturated heterocycles. The molecule has 0 unspecified atom stereocenters. The number of nitrogens with two attached hydrogens (primary N) is 1. The van der Waals surface area contributed by atoms with Crippen molar-refractivity contribution in [3.63, 3.8) is 0 Å². The maximum atomic E-state index is 12.5. The van der Waals surface area contributed by atoms with E-state index in [1.165, 1.54) is 0 Å². The standard InChI is InChI=1S/C11H16F3N5OS/c1-7-4-2-3-5-18(7)8(20)6-21-10-17-16-9(19(10)15)11(12,13)14/h7H,2-6,15H2,1H3/t7-/m1/s1. The van der Waals surface area contributed by atoms with Crippen LogP contribution in [0.3, 0.4) is 0 Å². The molecule has 2 rings (SSSR count). The van der Waals surface area contributed by atoms with Crippen LogP contribution in [0.4, 0.5) is 13.2 Å². The minimum atomic E-state index is -4.66. The highest BCUT2D eigenvalue weighted by molar-refractivity contribution is 7.99. The lowest BCUT2D eigenvalue weighted by Crippen LogP contribution is -2.43. The van der Waals surface area contributed by atoms with E-state index in [2.05, 4.69) is 10.2 Å². The van der Waals surface area contributed by atoms with E-state index in [9.17, 15) is 18.0 Å². The summed E-state index contributed by atoms with van der Waals surface area (Å²) in [5.74, 6) is 3.91. The lowest BCUT2D eigenvalue weighted by Gasteiger charge is -2.33. The predicted molar refractivity (Wildman–Crippen MR) is 70.9 cm³/mol. The van der Waals surface area contributed by atoms with Gasteiger partial charge in [-0.05, 0) is 26.2 Å². The molecule has 118 valence electrons. The van der Waals surface area contributed by atoms with E-state index in [-0.39, 0.29) is 22.9 Å². The van der Waals surface area contributed by atoms with Gasteiger partial charge in [-0.15, -0.1) is 10.2 Å². The van der Waals surface area contributed by atoms with E-state index in [1.54, 1.807) is 4.90 Å². The molecular formula is C11H16F3N5OS. The quantitative estimate of drug-likeness (QED) is 0.674. The van der Waals surface area contributed by atoms with Gasteiger partial charge in [-0.2, -0.15) is 13.2 Å². The minimum absolute atomic E-state index is 0.00245. The van der Waals surface area contributed by atoms with Crippen LogP contribution in [-0.4, -0.2) is 44.0 Å². The molecule has 1 atom stereocenters. The average Bonchev–Trinajstić information content (AvgIpc) is 2.77. The number of thioether (sulfide) groups is 1. The molecule has 1 aromatic heterocycles. The Kier molecular flexibility index (Phi) is 4.64. The van der Waals surface area contributed by atoms with Gasteiger partial charge in [0.1, 0.15) is 0 Å². The van der Waals surface area contributed by atoms with E-state index >= 15 is 0 Å². The highest BCUT2D eigenvalue weighted by atomic mass is 32.2. The smallest absolute Gasteiger partial charge is 0.339 e. The zero-order valence-electron chi connectivity index (χ0n) is 11.4. The van der Waals surface area contributed by atoms with E-state index in [1.807, 2.05) is 6.92 Å². The van der Waals surface area contributed by atoms with Crippen molar-refractivity contribution < 1.29 is 18.0 Å². The molecule has 10 heteroatoms. The molecule has 1 fully saturated rings. The van der Waals surface area contributed by atoms with Gasteiger partial charge in [-0.1, -0.05) is 11.8 Å². The van der Waals surface area contributed by atoms with Crippen molar-refractivity contribution >= 4 is 17.7 Å². The molecule has 0 aliphatic carbocycles. The molecule has 0 aromatic carbocycles. The lowest BCUT2D eigenvalue weighted by molar-refractivity contribution is -0.146. The first kappa shape index (κ1) is 15.9. The van der Waals surface area contributed by atoms with Crippen molar-refractivity contribution in [1.82, 2.24) is 19.8 Å². The number of alkyl halides is 3. The van der Waals surface area contributed by atoms with Gasteiger partial charge in [0, 0.05) is 12.6 Å². The average molecular weight is 323 g/mol. The Morgan fingerprint density at radius 1 is 1.43 bits per heavy atom. The van der Waals surface area contributed by atoms with Crippen LogP contribution in [0.2, 0.25) is 0 Å². The number of amides is 1. The second kappa shape index (κ2) is 6.12. The monoisotopic (exact) mass is 323 g/mol. The fourth-order valence-electron chi connectivity index (χ4n) is 2.25. The highest BCUT2D eigenvalue weighted by Gasteiger charge is 2.38. The van der Waals surface area contributed by atoms with E-state index < -0.39 is 12.0 Å². The van der Waals surface area contributed by atoms with Crippen LogP contribution in [0, 0.1) is 0 Å². The van der Waals surface area contributed by atoms with Crippen molar-refractivity contribution in [2.24, 2.45) is 0 Å². The predicted octanol–water partition coefficient (Wildman–Crippen LogP) is 1.50. The van der Waals surface area contributed by atoms with Gasteiger partial charge in [-0.3, -0.25) is 4.79 Å².